The molecule has 0 aliphatic heterocycles. The van der Waals surface area contributed by atoms with E-state index in [9.17, 15) is 14.7 Å². The molecule has 0 radical (unpaired) electrons. The molecule has 1 heterocycles. The van der Waals surface area contributed by atoms with Gasteiger partial charge in [0.1, 0.15) is 0 Å². The van der Waals surface area contributed by atoms with Crippen LogP contribution in [0.25, 0.3) is 16.5 Å². The zero-order valence-corrected chi connectivity index (χ0v) is 19.1. The first-order valence-corrected chi connectivity index (χ1v) is 10.9. The van der Waals surface area contributed by atoms with E-state index in [2.05, 4.69) is 16.9 Å². The molecule has 0 unspecified atom stereocenters. The van der Waals surface area contributed by atoms with Crippen molar-refractivity contribution in [2.45, 2.75) is 13.8 Å². The number of rotatable bonds is 6. The molecule has 0 saturated heterocycles. The monoisotopic (exact) mass is 451 g/mol. The highest BCUT2D eigenvalue weighted by Crippen LogP contribution is 2.28. The number of amides is 1. The van der Waals surface area contributed by atoms with Crippen LogP contribution in [0, 0.1) is 13.8 Å². The molecule has 0 atom stereocenters. The third kappa shape index (κ3) is 4.26. The summed E-state index contributed by atoms with van der Waals surface area (Å²) >= 11 is 0. The maximum absolute atomic E-state index is 13.4. The van der Waals surface area contributed by atoms with Crippen molar-refractivity contribution in [3.8, 4) is 11.6 Å². The molecule has 4 aromatic rings. The topological polar surface area (TPSA) is 83.7 Å². The average Bonchev–Trinajstić information content (AvgIpc) is 2.84. The molecule has 0 spiro atoms. The summed E-state index contributed by atoms with van der Waals surface area (Å²) in [6, 6.07) is 19.7. The van der Waals surface area contributed by atoms with Crippen LogP contribution in [0.2, 0.25) is 0 Å². The summed E-state index contributed by atoms with van der Waals surface area (Å²) in [6.07, 6.45) is 3.10. The second-order valence-electron chi connectivity index (χ2n) is 7.99. The van der Waals surface area contributed by atoms with E-state index < -0.39 is 0 Å². The maximum atomic E-state index is 13.4. The Labute approximate surface area is 197 Å². The lowest BCUT2D eigenvalue weighted by Crippen LogP contribution is -2.23. The summed E-state index contributed by atoms with van der Waals surface area (Å²) < 4.78 is 1.31. The number of aryl methyl sites for hydroxylation is 2. The number of pyridine rings is 1. The van der Waals surface area contributed by atoms with Crippen LogP contribution in [0.4, 0.5) is 5.69 Å². The molecule has 0 saturated carbocycles. The van der Waals surface area contributed by atoms with Crippen molar-refractivity contribution in [2.24, 2.45) is 4.99 Å². The van der Waals surface area contributed by atoms with E-state index in [1.54, 1.807) is 54.6 Å². The van der Waals surface area contributed by atoms with Gasteiger partial charge >= 0.3 is 0 Å². The van der Waals surface area contributed by atoms with Gasteiger partial charge in [0.25, 0.3) is 11.5 Å². The fraction of sp³-hybridized carbons (Fsp3) is 0.107. The number of hydrogen-bond donors (Lipinski definition) is 2. The van der Waals surface area contributed by atoms with Crippen LogP contribution in [-0.2, 0) is 0 Å². The molecule has 6 nitrogen and oxygen atoms in total. The molecule has 3 aromatic carbocycles. The molecule has 34 heavy (non-hydrogen) atoms. The van der Waals surface area contributed by atoms with Crippen molar-refractivity contribution in [1.82, 2.24) is 9.88 Å². The Morgan fingerprint density at radius 1 is 1.06 bits per heavy atom. The quantitative estimate of drug-likeness (QED) is 0.320. The highest BCUT2D eigenvalue weighted by molar-refractivity contribution is 6.04. The SMILES string of the molecule is C=CCNC(=O)c1ccccc1N=Cc1c(O)n(-c2ccc(C)cc2C)c(=O)c2ccccc12. The summed E-state index contributed by atoms with van der Waals surface area (Å²) in [5, 5.41) is 15.0. The van der Waals surface area contributed by atoms with Crippen molar-refractivity contribution >= 4 is 28.6 Å². The normalized spacial score (nSPS) is 11.1. The summed E-state index contributed by atoms with van der Waals surface area (Å²) in [5.74, 6) is -0.491. The molecule has 0 bridgehead atoms. The minimum Gasteiger partial charge on any atom is -0.494 e. The number of aliphatic imine (C=N–C) groups is 1. The number of aromatic hydroxyl groups is 1. The Morgan fingerprint density at radius 2 is 1.76 bits per heavy atom. The van der Waals surface area contributed by atoms with Crippen LogP contribution in [0.3, 0.4) is 0 Å². The molecule has 0 aliphatic carbocycles. The predicted molar refractivity (Wildman–Crippen MR) is 137 cm³/mol. The lowest BCUT2D eigenvalue weighted by Gasteiger charge is -2.16. The molecular formula is C28H25N3O3. The molecule has 1 aromatic heterocycles. The number of hydrogen-bond acceptors (Lipinski definition) is 4. The first-order chi connectivity index (χ1) is 16.4. The van der Waals surface area contributed by atoms with Crippen molar-refractivity contribution in [3.05, 3.63) is 112 Å². The fourth-order valence-electron chi connectivity index (χ4n) is 3.94. The number of carbonyl (C=O) groups excluding carboxylic acids is 1. The third-order valence-electron chi connectivity index (χ3n) is 5.59. The van der Waals surface area contributed by atoms with Crippen molar-refractivity contribution in [3.63, 3.8) is 0 Å². The zero-order chi connectivity index (χ0) is 24.2. The van der Waals surface area contributed by atoms with Gasteiger partial charge in [-0.05, 0) is 43.7 Å². The first kappa shape index (κ1) is 22.7. The van der Waals surface area contributed by atoms with Gasteiger partial charge < -0.3 is 10.4 Å². The molecule has 0 fully saturated rings. The smallest absolute Gasteiger partial charge is 0.265 e. The van der Waals surface area contributed by atoms with E-state index in [-0.39, 0.29) is 17.3 Å². The van der Waals surface area contributed by atoms with Gasteiger partial charge in [-0.3, -0.25) is 14.6 Å². The van der Waals surface area contributed by atoms with Crippen molar-refractivity contribution < 1.29 is 9.90 Å². The van der Waals surface area contributed by atoms with Crippen LogP contribution < -0.4 is 10.9 Å². The van der Waals surface area contributed by atoms with Gasteiger partial charge in [0.05, 0.1) is 22.5 Å². The van der Waals surface area contributed by atoms with Gasteiger partial charge in [-0.25, -0.2) is 4.57 Å². The fourth-order valence-corrected chi connectivity index (χ4v) is 3.94. The Morgan fingerprint density at radius 3 is 2.50 bits per heavy atom. The van der Waals surface area contributed by atoms with Crippen LogP contribution in [0.15, 0.2) is 89.2 Å². The second-order valence-corrected chi connectivity index (χ2v) is 7.99. The minimum absolute atomic E-state index is 0.215. The van der Waals surface area contributed by atoms with Crippen molar-refractivity contribution in [2.75, 3.05) is 6.54 Å². The Kier molecular flexibility index (Phi) is 6.41. The highest BCUT2D eigenvalue weighted by Gasteiger charge is 2.18. The number of aromatic nitrogens is 1. The van der Waals surface area contributed by atoms with E-state index >= 15 is 0 Å². The van der Waals surface area contributed by atoms with Crippen LogP contribution in [0.5, 0.6) is 5.88 Å². The summed E-state index contributed by atoms with van der Waals surface area (Å²) in [7, 11) is 0. The van der Waals surface area contributed by atoms with E-state index in [1.807, 2.05) is 32.0 Å². The first-order valence-electron chi connectivity index (χ1n) is 10.9. The predicted octanol–water partition coefficient (Wildman–Crippen LogP) is 4.98. The lowest BCUT2D eigenvalue weighted by molar-refractivity contribution is 0.0958. The largest absolute Gasteiger partial charge is 0.494 e. The molecular weight excluding hydrogens is 426 g/mol. The van der Waals surface area contributed by atoms with E-state index in [0.29, 0.717) is 39.8 Å². The average molecular weight is 452 g/mol. The Balaban J connectivity index is 1.91. The highest BCUT2D eigenvalue weighted by atomic mass is 16.3. The number of para-hydroxylation sites is 1. The van der Waals surface area contributed by atoms with E-state index in [4.69, 9.17) is 0 Å². The number of carbonyl (C=O) groups is 1. The lowest BCUT2D eigenvalue weighted by atomic mass is 10.1. The summed E-state index contributed by atoms with van der Waals surface area (Å²) in [5.41, 5.74) is 3.42. The molecule has 4 rings (SSSR count). The maximum Gasteiger partial charge on any atom is 0.265 e. The second kappa shape index (κ2) is 9.58. The zero-order valence-electron chi connectivity index (χ0n) is 19.1. The van der Waals surface area contributed by atoms with Gasteiger partial charge in [-0.1, -0.05) is 54.1 Å². The van der Waals surface area contributed by atoms with Gasteiger partial charge in [0.15, 0.2) is 0 Å². The van der Waals surface area contributed by atoms with Crippen LogP contribution in [0.1, 0.15) is 27.0 Å². The molecule has 2 N–H and O–H groups in total. The van der Waals surface area contributed by atoms with Crippen LogP contribution >= 0.6 is 0 Å². The summed E-state index contributed by atoms with van der Waals surface area (Å²) in [4.78, 5) is 30.4. The van der Waals surface area contributed by atoms with E-state index in [0.717, 1.165) is 11.1 Å². The van der Waals surface area contributed by atoms with Gasteiger partial charge in [-0.2, -0.15) is 0 Å². The minimum atomic E-state index is -0.318. The molecule has 1 amide bonds. The van der Waals surface area contributed by atoms with E-state index in [1.165, 1.54) is 10.8 Å². The number of nitrogens with one attached hydrogen (secondary N) is 1. The number of benzene rings is 3. The Hall–Kier alpha value is -4.45. The van der Waals surface area contributed by atoms with Gasteiger partial charge in [-0.15, -0.1) is 6.58 Å². The standard InChI is InChI=1S/C28H25N3O3/c1-4-15-29-26(32)22-11-7-8-12-24(22)30-17-23-20-9-5-6-10-21(20)27(33)31(28(23)34)25-14-13-18(2)16-19(25)3/h4-14,16-17,34H,1,15H2,2-3H3,(H,29,32). The van der Waals surface area contributed by atoms with Gasteiger partial charge in [0, 0.05) is 23.5 Å². The molecule has 170 valence electrons. The van der Waals surface area contributed by atoms with Gasteiger partial charge in [0.2, 0.25) is 5.88 Å². The number of fused-ring (bicyclic) bond motifs is 1. The number of nitrogens with zero attached hydrogens (tertiary/aromatic N) is 2. The van der Waals surface area contributed by atoms with Crippen LogP contribution in [-0.4, -0.2) is 28.3 Å². The Bertz CT molecular complexity index is 1500. The summed E-state index contributed by atoms with van der Waals surface area (Å²) in [6.45, 7) is 7.82. The molecule has 6 heteroatoms. The third-order valence-corrected chi connectivity index (χ3v) is 5.59. The van der Waals surface area contributed by atoms with Crippen molar-refractivity contribution in [1.29, 1.82) is 0 Å². The molecule has 0 aliphatic rings.